The van der Waals surface area contributed by atoms with E-state index in [4.69, 9.17) is 0 Å². The summed E-state index contributed by atoms with van der Waals surface area (Å²) in [6.07, 6.45) is 6.33. The van der Waals surface area contributed by atoms with Crippen LogP contribution in [0.3, 0.4) is 0 Å². The van der Waals surface area contributed by atoms with Crippen LogP contribution in [-0.4, -0.2) is 17.6 Å². The molecular weight excluding hydrogens is 310 g/mol. The predicted octanol–water partition coefficient (Wildman–Crippen LogP) is 4.14. The molecule has 4 saturated carbocycles. The SMILES string of the molecule is Cc1ccc(C(O)CNC(=O)C23CC4CC(C)(CC(C)(C4)C2)C3)cc1. The van der Waals surface area contributed by atoms with Gasteiger partial charge in [-0.3, -0.25) is 4.79 Å². The Morgan fingerprint density at radius 1 is 1.12 bits per heavy atom. The van der Waals surface area contributed by atoms with Crippen molar-refractivity contribution in [3.05, 3.63) is 35.4 Å². The van der Waals surface area contributed by atoms with Gasteiger partial charge in [0.15, 0.2) is 0 Å². The zero-order chi connectivity index (χ0) is 17.9. The van der Waals surface area contributed by atoms with Gasteiger partial charge in [-0.05, 0) is 67.8 Å². The lowest BCUT2D eigenvalue weighted by Gasteiger charge is -2.64. The molecule has 136 valence electrons. The van der Waals surface area contributed by atoms with Crippen LogP contribution in [0.4, 0.5) is 0 Å². The highest BCUT2D eigenvalue weighted by Crippen LogP contribution is 2.69. The van der Waals surface area contributed by atoms with Crippen molar-refractivity contribution in [2.75, 3.05) is 6.54 Å². The van der Waals surface area contributed by atoms with Crippen molar-refractivity contribution in [2.45, 2.75) is 65.4 Å². The highest BCUT2D eigenvalue weighted by molar-refractivity contribution is 5.83. The zero-order valence-electron chi connectivity index (χ0n) is 15.8. The first kappa shape index (κ1) is 17.1. The number of aliphatic hydroxyl groups is 1. The van der Waals surface area contributed by atoms with Gasteiger partial charge < -0.3 is 10.4 Å². The largest absolute Gasteiger partial charge is 0.387 e. The van der Waals surface area contributed by atoms with Gasteiger partial charge in [-0.1, -0.05) is 43.7 Å². The Balaban J connectivity index is 1.45. The second kappa shape index (κ2) is 5.57. The summed E-state index contributed by atoms with van der Waals surface area (Å²) < 4.78 is 0. The number of hydrogen-bond acceptors (Lipinski definition) is 2. The number of aliphatic hydroxyl groups excluding tert-OH is 1. The number of benzene rings is 1. The smallest absolute Gasteiger partial charge is 0.226 e. The Morgan fingerprint density at radius 2 is 1.72 bits per heavy atom. The van der Waals surface area contributed by atoms with Crippen LogP contribution in [0.25, 0.3) is 0 Å². The standard InChI is InChI=1S/C22H31NO2/c1-15-4-6-17(7-5-15)18(24)11-23-19(25)22-10-16-8-20(2,13-22)12-21(3,9-16)14-22/h4-7,16,18,24H,8-14H2,1-3H3,(H,23,25). The summed E-state index contributed by atoms with van der Waals surface area (Å²) in [6, 6.07) is 7.89. The molecular formula is C22H31NO2. The minimum absolute atomic E-state index is 0.181. The second-order valence-corrected chi connectivity index (χ2v) is 10.0. The number of amides is 1. The lowest BCUT2D eigenvalue weighted by atomic mass is 9.40. The maximum Gasteiger partial charge on any atom is 0.226 e. The fraction of sp³-hybridized carbons (Fsp3) is 0.682. The molecule has 3 nitrogen and oxygen atoms in total. The number of aryl methyl sites for hydroxylation is 1. The van der Waals surface area contributed by atoms with Crippen LogP contribution in [0.15, 0.2) is 24.3 Å². The van der Waals surface area contributed by atoms with Crippen molar-refractivity contribution >= 4 is 5.91 Å². The molecule has 25 heavy (non-hydrogen) atoms. The van der Waals surface area contributed by atoms with Gasteiger partial charge in [0, 0.05) is 6.54 Å². The van der Waals surface area contributed by atoms with Crippen LogP contribution in [0.1, 0.15) is 69.6 Å². The van der Waals surface area contributed by atoms with E-state index in [0.29, 0.717) is 23.3 Å². The monoisotopic (exact) mass is 341 g/mol. The van der Waals surface area contributed by atoms with Crippen molar-refractivity contribution in [3.8, 4) is 0 Å². The van der Waals surface area contributed by atoms with Crippen molar-refractivity contribution in [3.63, 3.8) is 0 Å². The molecule has 1 amide bonds. The van der Waals surface area contributed by atoms with Crippen molar-refractivity contribution < 1.29 is 9.90 Å². The predicted molar refractivity (Wildman–Crippen MR) is 99.0 cm³/mol. The lowest BCUT2D eigenvalue weighted by molar-refractivity contribution is -0.170. The number of carbonyl (C=O) groups is 1. The van der Waals surface area contributed by atoms with E-state index in [-0.39, 0.29) is 11.3 Å². The molecule has 1 aromatic carbocycles. The molecule has 3 heteroatoms. The molecule has 0 aliphatic heterocycles. The van der Waals surface area contributed by atoms with E-state index < -0.39 is 6.10 Å². The van der Waals surface area contributed by atoms with Crippen LogP contribution in [0.5, 0.6) is 0 Å². The maximum atomic E-state index is 13.1. The van der Waals surface area contributed by atoms with Crippen molar-refractivity contribution in [2.24, 2.45) is 22.2 Å². The van der Waals surface area contributed by atoms with Crippen LogP contribution >= 0.6 is 0 Å². The van der Waals surface area contributed by atoms with Crippen LogP contribution < -0.4 is 5.32 Å². The molecule has 4 bridgehead atoms. The lowest BCUT2D eigenvalue weighted by Crippen LogP contribution is -2.60. The van der Waals surface area contributed by atoms with Crippen LogP contribution in [0.2, 0.25) is 0 Å². The number of rotatable bonds is 4. The van der Waals surface area contributed by atoms with Gasteiger partial charge in [-0.25, -0.2) is 0 Å². The van der Waals surface area contributed by atoms with Crippen LogP contribution in [0, 0.1) is 29.1 Å². The third-order valence-electron chi connectivity index (χ3n) is 7.03. The molecule has 4 fully saturated rings. The van der Waals surface area contributed by atoms with Gasteiger partial charge in [-0.15, -0.1) is 0 Å². The van der Waals surface area contributed by atoms with E-state index in [1.807, 2.05) is 31.2 Å². The Hall–Kier alpha value is -1.35. The van der Waals surface area contributed by atoms with E-state index in [1.165, 1.54) is 24.8 Å². The molecule has 0 aromatic heterocycles. The number of carbonyl (C=O) groups excluding carboxylic acids is 1. The van der Waals surface area contributed by atoms with E-state index >= 15 is 0 Å². The third-order valence-corrected chi connectivity index (χ3v) is 7.03. The van der Waals surface area contributed by atoms with Crippen LogP contribution in [-0.2, 0) is 4.79 Å². The summed E-state index contributed by atoms with van der Waals surface area (Å²) in [6.45, 7) is 7.12. The Bertz CT molecular complexity index is 662. The minimum Gasteiger partial charge on any atom is -0.387 e. The first-order valence-electron chi connectivity index (χ1n) is 9.74. The molecule has 0 heterocycles. The van der Waals surface area contributed by atoms with Gasteiger partial charge in [0.25, 0.3) is 0 Å². The number of hydrogen-bond donors (Lipinski definition) is 2. The second-order valence-electron chi connectivity index (χ2n) is 10.0. The average molecular weight is 341 g/mol. The summed E-state index contributed by atoms with van der Waals surface area (Å²) in [5, 5.41) is 13.5. The van der Waals surface area contributed by atoms with E-state index in [2.05, 4.69) is 19.2 Å². The van der Waals surface area contributed by atoms with E-state index in [1.54, 1.807) is 0 Å². The molecule has 3 atom stereocenters. The maximum absolute atomic E-state index is 13.1. The molecule has 5 rings (SSSR count). The van der Waals surface area contributed by atoms with Crippen molar-refractivity contribution in [1.29, 1.82) is 0 Å². The average Bonchev–Trinajstić information content (AvgIpc) is 2.49. The minimum atomic E-state index is -0.635. The topological polar surface area (TPSA) is 49.3 Å². The van der Waals surface area contributed by atoms with E-state index in [9.17, 15) is 9.90 Å². The highest BCUT2D eigenvalue weighted by Gasteiger charge is 2.62. The Kier molecular flexibility index (Phi) is 3.81. The molecule has 3 unspecified atom stereocenters. The molecule has 0 saturated heterocycles. The molecule has 1 aromatic rings. The van der Waals surface area contributed by atoms with Gasteiger partial charge in [-0.2, -0.15) is 0 Å². The van der Waals surface area contributed by atoms with Gasteiger partial charge in [0.2, 0.25) is 5.91 Å². The quantitative estimate of drug-likeness (QED) is 0.864. The zero-order valence-corrected chi connectivity index (χ0v) is 15.8. The first-order chi connectivity index (χ1) is 11.7. The van der Waals surface area contributed by atoms with Gasteiger partial charge in [0.1, 0.15) is 0 Å². The van der Waals surface area contributed by atoms with E-state index in [0.717, 1.165) is 24.8 Å². The van der Waals surface area contributed by atoms with Gasteiger partial charge >= 0.3 is 0 Å². The Morgan fingerprint density at radius 3 is 2.28 bits per heavy atom. The van der Waals surface area contributed by atoms with Crippen molar-refractivity contribution in [1.82, 2.24) is 5.32 Å². The van der Waals surface area contributed by atoms with Gasteiger partial charge in [0.05, 0.1) is 11.5 Å². The summed E-state index contributed by atoms with van der Waals surface area (Å²) in [4.78, 5) is 13.1. The molecule has 4 aliphatic carbocycles. The normalized spacial score (nSPS) is 40.1. The first-order valence-corrected chi connectivity index (χ1v) is 9.74. The summed E-state index contributed by atoms with van der Waals surface area (Å²) in [5.41, 5.74) is 2.52. The molecule has 2 N–H and O–H groups in total. The summed E-state index contributed by atoms with van der Waals surface area (Å²) >= 11 is 0. The fourth-order valence-corrected chi connectivity index (χ4v) is 6.98. The molecule has 0 radical (unpaired) electrons. The molecule has 0 spiro atoms. The Labute approximate surface area is 151 Å². The number of nitrogens with one attached hydrogen (secondary N) is 1. The molecule has 4 aliphatic rings. The third kappa shape index (κ3) is 3.01. The summed E-state index contributed by atoms with van der Waals surface area (Å²) in [5.74, 6) is 0.888. The fourth-order valence-electron chi connectivity index (χ4n) is 6.98. The highest BCUT2D eigenvalue weighted by atomic mass is 16.3. The summed E-state index contributed by atoms with van der Waals surface area (Å²) in [7, 11) is 0.